The number of amides is 1. The van der Waals surface area contributed by atoms with Gasteiger partial charge in [-0.15, -0.1) is 0 Å². The molecule has 1 aromatic rings. The molecule has 2 bridgehead atoms. The van der Waals surface area contributed by atoms with Crippen LogP contribution in [0.1, 0.15) is 110 Å². The van der Waals surface area contributed by atoms with Crippen molar-refractivity contribution in [3.05, 3.63) is 81.2 Å². The van der Waals surface area contributed by atoms with Gasteiger partial charge in [0.25, 0.3) is 5.91 Å². The van der Waals surface area contributed by atoms with Gasteiger partial charge in [-0.3, -0.25) is 9.59 Å². The Morgan fingerprint density at radius 2 is 1.66 bits per heavy atom. The number of ether oxygens (including phenoxy) is 4. The summed E-state index contributed by atoms with van der Waals surface area (Å²) in [4.78, 5) is 55.6. The first-order valence-electron chi connectivity index (χ1n) is 22.5. The van der Waals surface area contributed by atoms with Crippen LogP contribution in [0.3, 0.4) is 0 Å². The third-order valence-electron chi connectivity index (χ3n) is 15.7. The van der Waals surface area contributed by atoms with E-state index < -0.39 is 106 Å². The minimum absolute atomic E-state index is 0.0168. The number of phenolic OH excluding ortho intramolecular Hbond substituents is 1. The third kappa shape index (κ3) is 7.32. The molecule has 2 heterocycles. The fourth-order valence-corrected chi connectivity index (χ4v) is 12.7. The first kappa shape index (κ1) is 47.2. The van der Waals surface area contributed by atoms with Gasteiger partial charge in [0.1, 0.15) is 34.5 Å². The maximum Gasteiger partial charge on any atom is 0.346 e. The Labute approximate surface area is 375 Å². The molecule has 14 heteroatoms. The Morgan fingerprint density at radius 3 is 2.30 bits per heavy atom. The highest BCUT2D eigenvalue weighted by atomic mass is 16.7. The molecule has 14 nitrogen and oxygen atoms in total. The number of benzene rings is 1. The van der Waals surface area contributed by atoms with Crippen LogP contribution in [0, 0.1) is 47.3 Å². The number of aromatic hydroxyl groups is 1. The first-order valence-corrected chi connectivity index (χ1v) is 22.5. The lowest BCUT2D eigenvalue weighted by atomic mass is 9.49. The molecule has 2 aliphatic heterocycles. The number of carbonyl (C=O) groups is 4. The Hall–Kier alpha value is -4.76. The molecule has 2 saturated heterocycles. The summed E-state index contributed by atoms with van der Waals surface area (Å²) >= 11 is 0. The molecule has 7 rings (SSSR count). The van der Waals surface area contributed by atoms with Crippen LogP contribution in [0.5, 0.6) is 11.5 Å². The van der Waals surface area contributed by atoms with Gasteiger partial charge >= 0.3 is 11.9 Å². The number of aryl methyl sites for hydroxylation is 1. The minimum atomic E-state index is -1.97. The predicted octanol–water partition coefficient (Wildman–Crippen LogP) is 6.71. The molecule has 1 aromatic carbocycles. The Balaban J connectivity index is 1.26. The molecule has 1 amide bonds. The summed E-state index contributed by atoms with van der Waals surface area (Å²) in [6.07, 6.45) is 5.40. The average Bonchev–Trinajstić information content (AvgIpc) is 3.45. The summed E-state index contributed by atoms with van der Waals surface area (Å²) in [5.41, 5.74) is -3.52. The molecule has 1 saturated carbocycles. The molecule has 6 aliphatic rings. The van der Waals surface area contributed by atoms with Crippen LogP contribution in [0.25, 0.3) is 0 Å². The van der Waals surface area contributed by atoms with Crippen LogP contribution in [0.4, 0.5) is 0 Å². The SMILES string of the molecule is COc1cc(C)c(C(=O)N[C@@H]2[C@H](C)O[C@H](O[C@@H]3CC[C@H](C)[C@@H]4[C@@H]3C=C(C)[C@@H]3/C(C)=C\CC/C(C)=C\[C@]5(C)C=C(C(=O)O)[C@H](C)C[C@@]56OC(=O)C(=C(O)[C@@]43C)C6=O)[C@@H](O)[C@@]2(C)O)c(O)c1. The smallest absolute Gasteiger partial charge is 0.346 e. The monoisotopic (exact) mass is 887 g/mol. The van der Waals surface area contributed by atoms with Crippen molar-refractivity contribution in [2.75, 3.05) is 7.11 Å². The summed E-state index contributed by atoms with van der Waals surface area (Å²) in [6.45, 7) is 18.0. The molecule has 1 spiro atoms. The van der Waals surface area contributed by atoms with Crippen molar-refractivity contribution < 1.29 is 63.7 Å². The number of aliphatic carboxylic acids is 1. The Kier molecular flexibility index (Phi) is 12.2. The number of nitrogens with one attached hydrogen (secondary N) is 1. The van der Waals surface area contributed by atoms with Gasteiger partial charge in [-0.2, -0.15) is 0 Å². The van der Waals surface area contributed by atoms with Crippen molar-refractivity contribution in [1.82, 2.24) is 5.32 Å². The number of ketones is 1. The van der Waals surface area contributed by atoms with E-state index in [-0.39, 0.29) is 35.0 Å². The second kappa shape index (κ2) is 16.6. The maximum atomic E-state index is 15.2. The average molecular weight is 888 g/mol. The van der Waals surface area contributed by atoms with Gasteiger partial charge in [-0.1, -0.05) is 61.8 Å². The Bertz CT molecular complexity index is 2280. The second-order valence-electron chi connectivity index (χ2n) is 20.2. The molecule has 0 radical (unpaired) electrons. The maximum absolute atomic E-state index is 15.2. The van der Waals surface area contributed by atoms with E-state index in [1.165, 1.54) is 20.1 Å². The summed E-state index contributed by atoms with van der Waals surface area (Å²) in [5, 5.41) is 60.3. The number of carbonyl (C=O) groups excluding carboxylic acids is 3. The van der Waals surface area contributed by atoms with Gasteiger partial charge < -0.3 is 49.8 Å². The van der Waals surface area contributed by atoms with Gasteiger partial charge in [0.05, 0.1) is 36.3 Å². The molecular weight excluding hydrogens is 823 g/mol. The zero-order chi connectivity index (χ0) is 47.2. The molecular formula is C50H65NO13. The highest BCUT2D eigenvalue weighted by Gasteiger charge is 2.67. The first-order chi connectivity index (χ1) is 29.8. The lowest BCUT2D eigenvalue weighted by Gasteiger charge is -2.57. The summed E-state index contributed by atoms with van der Waals surface area (Å²) in [7, 11) is 1.44. The molecule has 0 unspecified atom stereocenters. The molecule has 348 valence electrons. The minimum Gasteiger partial charge on any atom is -0.511 e. The topological polar surface area (TPSA) is 218 Å². The van der Waals surface area contributed by atoms with E-state index in [1.54, 1.807) is 39.8 Å². The fourth-order valence-electron chi connectivity index (χ4n) is 12.7. The summed E-state index contributed by atoms with van der Waals surface area (Å²) in [5.74, 6) is -5.78. The van der Waals surface area contributed by atoms with E-state index in [2.05, 4.69) is 24.4 Å². The third-order valence-corrected chi connectivity index (χ3v) is 15.7. The van der Waals surface area contributed by atoms with Gasteiger partial charge in [-0.25, -0.2) is 9.59 Å². The van der Waals surface area contributed by atoms with Crippen LogP contribution in [-0.2, 0) is 28.6 Å². The van der Waals surface area contributed by atoms with Crippen molar-refractivity contribution in [1.29, 1.82) is 0 Å². The zero-order valence-electron chi connectivity index (χ0n) is 38.8. The summed E-state index contributed by atoms with van der Waals surface area (Å²) in [6, 6.07) is 1.78. The highest BCUT2D eigenvalue weighted by Crippen LogP contribution is 2.62. The number of hydrogen-bond acceptors (Lipinski definition) is 12. The number of hydrogen-bond donors (Lipinski definition) is 6. The normalized spacial score (nSPS) is 41.7. The molecule has 4 aliphatic carbocycles. The number of carboxylic acids is 1. The van der Waals surface area contributed by atoms with Crippen LogP contribution < -0.4 is 10.1 Å². The van der Waals surface area contributed by atoms with Crippen LogP contribution in [0.15, 0.2) is 70.1 Å². The van der Waals surface area contributed by atoms with Crippen molar-refractivity contribution >= 4 is 23.6 Å². The predicted molar refractivity (Wildman–Crippen MR) is 235 cm³/mol. The number of esters is 1. The number of fused-ring (bicyclic) bond motifs is 4. The van der Waals surface area contributed by atoms with Gasteiger partial charge in [0, 0.05) is 35.3 Å². The van der Waals surface area contributed by atoms with Crippen LogP contribution in [-0.4, -0.2) is 98.1 Å². The standard InChI is InChI=1S/C50H65NO13/c1-23-13-12-14-24(2)37-27(5)18-31-34(63-46-42(55)49(10,60)39(29(7)62-46)51-43(56)35-26(4)17-30(61-11)19-33(35)52)16-15-25(3)38(31)48(37,9)40(53)36-41(54)50(64-45(36)59)21-28(6)32(44(57)58)22-47(50,8)20-23/h14,17-20,22,25,28-29,31,34,37-39,42,46,52-53,55,60H,12-13,15-16,21H2,1-11H3,(H,51,56)(H,57,58)/b23-20-,24-14-,40-36?/t25-,28+,29-,31+,34+,37-,38+,39+,42+,46+,47+,48+,49-,50-/m0/s1. The molecule has 6 N–H and O–H groups in total. The second-order valence-corrected chi connectivity index (χ2v) is 20.2. The number of Topliss-reactive ketones (excluding diaryl/α,β-unsaturated/α-hetero) is 1. The van der Waals surface area contributed by atoms with E-state index in [9.17, 15) is 39.9 Å². The van der Waals surface area contributed by atoms with Crippen molar-refractivity contribution in [2.45, 2.75) is 143 Å². The zero-order valence-corrected chi connectivity index (χ0v) is 38.8. The van der Waals surface area contributed by atoms with Crippen LogP contribution in [0.2, 0.25) is 0 Å². The molecule has 3 fully saturated rings. The van der Waals surface area contributed by atoms with Gasteiger partial charge in [-0.05, 0) is 104 Å². The number of phenols is 1. The van der Waals surface area contributed by atoms with E-state index in [0.717, 1.165) is 16.7 Å². The van der Waals surface area contributed by atoms with Crippen molar-refractivity contribution in [2.24, 2.45) is 40.4 Å². The van der Waals surface area contributed by atoms with Gasteiger partial charge in [0.2, 0.25) is 5.78 Å². The van der Waals surface area contributed by atoms with E-state index in [0.29, 0.717) is 37.0 Å². The number of allylic oxidation sites excluding steroid dienone is 5. The van der Waals surface area contributed by atoms with Gasteiger partial charge in [0.15, 0.2) is 11.9 Å². The fraction of sp³-hybridized carbons (Fsp3) is 0.600. The molecule has 0 aromatic heterocycles. The van der Waals surface area contributed by atoms with E-state index in [4.69, 9.17) is 18.9 Å². The number of methoxy groups -OCH3 is 1. The quantitative estimate of drug-likeness (QED) is 0.0995. The summed E-state index contributed by atoms with van der Waals surface area (Å²) < 4.78 is 24.4. The molecule has 64 heavy (non-hydrogen) atoms. The van der Waals surface area contributed by atoms with Crippen molar-refractivity contribution in [3.63, 3.8) is 0 Å². The number of carboxylic acid groups (broad SMARTS) is 1. The van der Waals surface area contributed by atoms with E-state index in [1.807, 2.05) is 33.8 Å². The van der Waals surface area contributed by atoms with Crippen molar-refractivity contribution in [3.8, 4) is 11.5 Å². The number of aliphatic hydroxyl groups excluding tert-OH is 2. The Morgan fingerprint density at radius 1 is 0.969 bits per heavy atom. The molecule has 14 atom stereocenters. The lowest BCUT2D eigenvalue weighted by Crippen LogP contribution is -2.70. The largest absolute Gasteiger partial charge is 0.511 e. The van der Waals surface area contributed by atoms with E-state index >= 15 is 4.79 Å². The highest BCUT2D eigenvalue weighted by molar-refractivity contribution is 6.26. The van der Waals surface area contributed by atoms with Crippen LogP contribution >= 0.6 is 0 Å². The lowest BCUT2D eigenvalue weighted by molar-refractivity contribution is -0.315. The number of rotatable bonds is 6. The number of aliphatic hydroxyl groups is 3.